The Morgan fingerprint density at radius 2 is 2.43 bits per heavy atom. The Bertz CT molecular complexity index is 360. The molecule has 2 heterocycles. The molecule has 0 aromatic carbocycles. The minimum absolute atomic E-state index is 0.103. The van der Waals surface area contributed by atoms with E-state index >= 15 is 0 Å². The number of aromatic nitrogens is 1. The van der Waals surface area contributed by atoms with Crippen LogP contribution in [0.2, 0.25) is 0 Å². The van der Waals surface area contributed by atoms with Gasteiger partial charge < -0.3 is 5.32 Å². The van der Waals surface area contributed by atoms with Crippen molar-refractivity contribution in [2.45, 2.75) is 0 Å². The smallest absolute Gasteiger partial charge is 0.264 e. The predicted molar refractivity (Wildman–Crippen MR) is 52.1 cm³/mol. The van der Waals surface area contributed by atoms with Crippen LogP contribution < -0.4 is 16.2 Å². The van der Waals surface area contributed by atoms with Crippen LogP contribution in [-0.4, -0.2) is 17.4 Å². The largest absolute Gasteiger partial charge is 0.346 e. The molecule has 0 radical (unpaired) electrons. The highest BCUT2D eigenvalue weighted by Crippen LogP contribution is 2.02. The average Bonchev–Trinajstić information content (AvgIpc) is 2.63. The van der Waals surface area contributed by atoms with E-state index in [9.17, 15) is 4.79 Å². The molecule has 1 fully saturated rings. The first kappa shape index (κ1) is 8.71. The highest BCUT2D eigenvalue weighted by molar-refractivity contribution is 5.95. The van der Waals surface area contributed by atoms with Gasteiger partial charge in [0.05, 0.1) is 0 Å². The molecule has 0 spiro atoms. The third-order valence-corrected chi connectivity index (χ3v) is 1.83. The van der Waals surface area contributed by atoms with Crippen molar-refractivity contribution in [3.05, 3.63) is 36.2 Å². The summed E-state index contributed by atoms with van der Waals surface area (Å²) < 4.78 is 0. The van der Waals surface area contributed by atoms with Gasteiger partial charge in [-0.05, 0) is 12.1 Å². The number of amides is 1. The second-order valence-corrected chi connectivity index (χ2v) is 2.84. The van der Waals surface area contributed by atoms with E-state index in [0.717, 1.165) is 5.82 Å². The van der Waals surface area contributed by atoms with Gasteiger partial charge in [-0.2, -0.15) is 0 Å². The van der Waals surface area contributed by atoms with Crippen LogP contribution in [0.3, 0.4) is 0 Å². The summed E-state index contributed by atoms with van der Waals surface area (Å²) in [4.78, 5) is 15.2. The van der Waals surface area contributed by atoms with Crippen LogP contribution in [0.5, 0.6) is 0 Å². The average molecular weight is 190 g/mol. The SMILES string of the molecule is O=C1NNCC1=CNc1ccccn1. The van der Waals surface area contributed by atoms with Crippen LogP contribution in [-0.2, 0) is 4.79 Å². The van der Waals surface area contributed by atoms with Crippen LogP contribution in [0.15, 0.2) is 36.2 Å². The monoisotopic (exact) mass is 190 g/mol. The number of rotatable bonds is 2. The van der Waals surface area contributed by atoms with E-state index in [4.69, 9.17) is 0 Å². The summed E-state index contributed by atoms with van der Waals surface area (Å²) in [6, 6.07) is 5.54. The van der Waals surface area contributed by atoms with Gasteiger partial charge in [-0.3, -0.25) is 10.2 Å². The maximum absolute atomic E-state index is 11.1. The Kier molecular flexibility index (Phi) is 2.42. The standard InChI is InChI=1S/C9H10N4O/c14-9-7(6-12-13-9)5-11-8-3-1-2-4-10-8/h1-5,12H,6H2,(H,10,11)(H,13,14). The molecule has 1 aliphatic rings. The van der Waals surface area contributed by atoms with Gasteiger partial charge in [-0.15, -0.1) is 0 Å². The molecule has 1 aliphatic heterocycles. The summed E-state index contributed by atoms with van der Waals surface area (Å²) in [7, 11) is 0. The van der Waals surface area contributed by atoms with E-state index in [0.29, 0.717) is 12.1 Å². The van der Waals surface area contributed by atoms with E-state index in [2.05, 4.69) is 21.2 Å². The minimum Gasteiger partial charge on any atom is -0.346 e. The first-order valence-electron chi connectivity index (χ1n) is 4.26. The Balaban J connectivity index is 2.03. The summed E-state index contributed by atoms with van der Waals surface area (Å²) >= 11 is 0. The molecule has 5 nitrogen and oxygen atoms in total. The number of hydrazine groups is 1. The Labute approximate surface area is 81.2 Å². The third kappa shape index (κ3) is 1.89. The fourth-order valence-electron chi connectivity index (χ4n) is 1.11. The number of carbonyl (C=O) groups is 1. The molecule has 5 heteroatoms. The molecule has 0 aliphatic carbocycles. The lowest BCUT2D eigenvalue weighted by atomic mass is 10.3. The lowest BCUT2D eigenvalue weighted by molar-refractivity contribution is -0.116. The molecule has 0 bridgehead atoms. The highest BCUT2D eigenvalue weighted by atomic mass is 16.2. The topological polar surface area (TPSA) is 66.1 Å². The summed E-state index contributed by atoms with van der Waals surface area (Å²) in [5, 5.41) is 2.94. The first-order valence-corrected chi connectivity index (χ1v) is 4.26. The summed E-state index contributed by atoms with van der Waals surface area (Å²) in [5.74, 6) is 0.619. The fraction of sp³-hybridized carbons (Fsp3) is 0.111. The normalized spacial score (nSPS) is 18.3. The van der Waals surface area contributed by atoms with Gasteiger partial charge in [0, 0.05) is 24.5 Å². The maximum Gasteiger partial charge on any atom is 0.264 e. The zero-order valence-electron chi connectivity index (χ0n) is 7.45. The zero-order chi connectivity index (χ0) is 9.80. The quantitative estimate of drug-likeness (QED) is 0.575. The van der Waals surface area contributed by atoms with Crippen LogP contribution in [0, 0.1) is 0 Å². The van der Waals surface area contributed by atoms with Gasteiger partial charge in [0.2, 0.25) is 0 Å². The van der Waals surface area contributed by atoms with Crippen molar-refractivity contribution in [3.63, 3.8) is 0 Å². The van der Waals surface area contributed by atoms with Crippen molar-refractivity contribution in [3.8, 4) is 0 Å². The molecule has 72 valence electrons. The molecule has 1 aromatic heterocycles. The number of hydrogen-bond donors (Lipinski definition) is 3. The molecule has 1 amide bonds. The van der Waals surface area contributed by atoms with E-state index < -0.39 is 0 Å². The van der Waals surface area contributed by atoms with E-state index in [1.807, 2.05) is 18.2 Å². The molecule has 0 saturated carbocycles. The van der Waals surface area contributed by atoms with Crippen molar-refractivity contribution in [2.24, 2.45) is 0 Å². The van der Waals surface area contributed by atoms with Crippen LogP contribution >= 0.6 is 0 Å². The van der Waals surface area contributed by atoms with Gasteiger partial charge in [-0.25, -0.2) is 10.4 Å². The molecule has 2 rings (SSSR count). The maximum atomic E-state index is 11.1. The van der Waals surface area contributed by atoms with Crippen LogP contribution in [0.4, 0.5) is 5.82 Å². The number of hydrogen-bond acceptors (Lipinski definition) is 4. The van der Waals surface area contributed by atoms with Gasteiger partial charge in [0.1, 0.15) is 5.82 Å². The predicted octanol–water partition coefficient (Wildman–Crippen LogP) is 0.0118. The Morgan fingerprint density at radius 3 is 3.07 bits per heavy atom. The first-order chi connectivity index (χ1) is 6.86. The van der Waals surface area contributed by atoms with Gasteiger partial charge in [0.25, 0.3) is 5.91 Å². The number of nitrogens with zero attached hydrogens (tertiary/aromatic N) is 1. The molecule has 1 saturated heterocycles. The van der Waals surface area contributed by atoms with Gasteiger partial charge >= 0.3 is 0 Å². The van der Waals surface area contributed by atoms with Gasteiger partial charge in [-0.1, -0.05) is 6.07 Å². The second-order valence-electron chi connectivity index (χ2n) is 2.84. The Hall–Kier alpha value is -1.88. The Morgan fingerprint density at radius 1 is 1.50 bits per heavy atom. The summed E-state index contributed by atoms with van der Waals surface area (Å²) in [6.45, 7) is 0.526. The molecule has 3 N–H and O–H groups in total. The molecule has 0 unspecified atom stereocenters. The van der Waals surface area contributed by atoms with Crippen LogP contribution in [0.25, 0.3) is 0 Å². The minimum atomic E-state index is -0.103. The van der Waals surface area contributed by atoms with Crippen molar-refractivity contribution in [2.75, 3.05) is 11.9 Å². The highest BCUT2D eigenvalue weighted by Gasteiger charge is 2.14. The van der Waals surface area contributed by atoms with Crippen molar-refractivity contribution in [1.29, 1.82) is 0 Å². The van der Waals surface area contributed by atoms with Gasteiger partial charge in [0.15, 0.2) is 0 Å². The number of carbonyl (C=O) groups excluding carboxylic acids is 1. The number of anilines is 1. The van der Waals surface area contributed by atoms with E-state index in [1.165, 1.54) is 0 Å². The third-order valence-electron chi connectivity index (χ3n) is 1.83. The number of nitrogens with one attached hydrogen (secondary N) is 3. The second kappa shape index (κ2) is 3.89. The zero-order valence-corrected chi connectivity index (χ0v) is 7.45. The van der Waals surface area contributed by atoms with Crippen molar-refractivity contribution in [1.82, 2.24) is 15.8 Å². The number of pyridine rings is 1. The summed E-state index contributed by atoms with van der Waals surface area (Å²) in [6.07, 6.45) is 3.34. The lowest BCUT2D eigenvalue weighted by Crippen LogP contribution is -2.25. The van der Waals surface area contributed by atoms with E-state index in [-0.39, 0.29) is 5.91 Å². The molecular formula is C9H10N4O. The molecule has 0 atom stereocenters. The molecular weight excluding hydrogens is 180 g/mol. The fourth-order valence-corrected chi connectivity index (χ4v) is 1.11. The lowest BCUT2D eigenvalue weighted by Gasteiger charge is -1.98. The van der Waals surface area contributed by atoms with Crippen molar-refractivity contribution < 1.29 is 4.79 Å². The summed E-state index contributed by atoms with van der Waals surface area (Å²) in [5.41, 5.74) is 5.88. The van der Waals surface area contributed by atoms with E-state index in [1.54, 1.807) is 12.4 Å². The molecule has 14 heavy (non-hydrogen) atoms. The molecule has 1 aromatic rings. The van der Waals surface area contributed by atoms with Crippen molar-refractivity contribution >= 4 is 11.7 Å². The van der Waals surface area contributed by atoms with Crippen LogP contribution in [0.1, 0.15) is 0 Å².